The van der Waals surface area contributed by atoms with Gasteiger partial charge in [-0.1, -0.05) is 23.2 Å². The summed E-state index contributed by atoms with van der Waals surface area (Å²) in [5.41, 5.74) is 0. The topological polar surface area (TPSA) is 65.8 Å². The predicted octanol–water partition coefficient (Wildman–Crippen LogP) is 2.09. The Morgan fingerprint density at radius 1 is 1.71 bits per heavy atom. The van der Waals surface area contributed by atoms with Gasteiger partial charge in [-0.2, -0.15) is 9.64 Å². The predicted molar refractivity (Wildman–Crippen MR) is 54.7 cm³/mol. The Balaban J connectivity index is 2.81. The van der Waals surface area contributed by atoms with Gasteiger partial charge in [-0.15, -0.1) is 0 Å². The van der Waals surface area contributed by atoms with Crippen LogP contribution in [0.2, 0.25) is 10.2 Å². The molecule has 4 nitrogen and oxygen atoms in total. The van der Waals surface area contributed by atoms with E-state index in [1.165, 1.54) is 0 Å². The van der Waals surface area contributed by atoms with Gasteiger partial charge in [0.15, 0.2) is 5.15 Å². The van der Waals surface area contributed by atoms with Gasteiger partial charge in [0.1, 0.15) is 15.9 Å². The van der Waals surface area contributed by atoms with Crippen LogP contribution in [0.1, 0.15) is 16.6 Å². The highest BCUT2D eigenvalue weighted by Gasteiger charge is 2.18. The first-order valence-electron chi connectivity index (χ1n) is 3.57. The Hall–Kier alpha value is -0.830. The van der Waals surface area contributed by atoms with Crippen LogP contribution in [0.15, 0.2) is 0 Å². The van der Waals surface area contributed by atoms with Gasteiger partial charge in [-0.3, -0.25) is 4.79 Å². The maximum atomic E-state index is 11.4. The van der Waals surface area contributed by atoms with Crippen LogP contribution < -0.4 is 5.32 Å². The largest absolute Gasteiger partial charge is 0.336 e. The Kier molecular flexibility index (Phi) is 3.69. The second-order valence-corrected chi connectivity index (χ2v) is 3.95. The Labute approximate surface area is 94.6 Å². The second kappa shape index (κ2) is 4.60. The van der Waals surface area contributed by atoms with E-state index in [0.717, 1.165) is 11.5 Å². The minimum absolute atomic E-state index is 0.103. The molecule has 0 aromatic carbocycles. The average molecular weight is 250 g/mol. The van der Waals surface area contributed by atoms with Gasteiger partial charge in [0.25, 0.3) is 5.91 Å². The van der Waals surface area contributed by atoms with Gasteiger partial charge >= 0.3 is 0 Å². The number of carbonyl (C=O) groups excluding carboxylic acids is 1. The molecular formula is C7H5Cl2N3OS. The second-order valence-electron chi connectivity index (χ2n) is 2.44. The quantitative estimate of drug-likeness (QED) is 0.873. The maximum Gasteiger partial charge on any atom is 0.265 e. The summed E-state index contributed by atoms with van der Waals surface area (Å²) in [6.07, 6.45) is 0. The number of halogens is 2. The van der Waals surface area contributed by atoms with Crippen molar-refractivity contribution in [2.24, 2.45) is 0 Å². The van der Waals surface area contributed by atoms with Crippen LogP contribution in [-0.4, -0.2) is 16.3 Å². The molecule has 74 valence electrons. The maximum absolute atomic E-state index is 11.4. The lowest BCUT2D eigenvalue weighted by atomic mass is 10.3. The van der Waals surface area contributed by atoms with Crippen molar-refractivity contribution in [3.05, 3.63) is 15.1 Å². The van der Waals surface area contributed by atoms with Crippen LogP contribution in [0.5, 0.6) is 0 Å². The van der Waals surface area contributed by atoms with Gasteiger partial charge in [0.2, 0.25) is 0 Å². The first kappa shape index (κ1) is 11.2. The standard InChI is InChI=1S/C7H5Cl2N3OS/c1-3(2-10)11-7(13)5-4(8)6(9)12-14-5/h3H,1H3,(H,11,13). The first-order chi connectivity index (χ1) is 6.56. The van der Waals surface area contributed by atoms with Crippen molar-refractivity contribution in [3.8, 4) is 6.07 Å². The molecule has 1 rings (SSSR count). The summed E-state index contributed by atoms with van der Waals surface area (Å²) < 4.78 is 3.70. The van der Waals surface area contributed by atoms with Crippen molar-refractivity contribution < 1.29 is 4.79 Å². The molecule has 14 heavy (non-hydrogen) atoms. The van der Waals surface area contributed by atoms with Crippen molar-refractivity contribution in [2.45, 2.75) is 13.0 Å². The summed E-state index contributed by atoms with van der Waals surface area (Å²) in [6.45, 7) is 1.56. The highest BCUT2D eigenvalue weighted by atomic mass is 35.5. The molecule has 0 bridgehead atoms. The molecule has 0 aliphatic rings. The average Bonchev–Trinajstić information content (AvgIpc) is 2.47. The van der Waals surface area contributed by atoms with E-state index in [4.69, 9.17) is 28.5 Å². The Morgan fingerprint density at radius 2 is 2.36 bits per heavy atom. The van der Waals surface area contributed by atoms with Crippen LogP contribution in [0, 0.1) is 11.3 Å². The number of hydrogen-bond acceptors (Lipinski definition) is 4. The molecule has 1 amide bonds. The molecule has 1 N–H and O–H groups in total. The van der Waals surface area contributed by atoms with E-state index < -0.39 is 11.9 Å². The molecule has 0 aliphatic carbocycles. The third-order valence-corrected chi connectivity index (χ3v) is 3.14. The summed E-state index contributed by atoms with van der Waals surface area (Å²) in [6, 6.07) is 1.30. The van der Waals surface area contributed by atoms with E-state index in [2.05, 4.69) is 9.69 Å². The molecule has 1 unspecified atom stereocenters. The zero-order valence-electron chi connectivity index (χ0n) is 7.04. The molecule has 0 aliphatic heterocycles. The van der Waals surface area contributed by atoms with E-state index in [0.29, 0.717) is 0 Å². The number of amides is 1. The minimum Gasteiger partial charge on any atom is -0.336 e. The van der Waals surface area contributed by atoms with E-state index >= 15 is 0 Å². The van der Waals surface area contributed by atoms with E-state index in [1.807, 2.05) is 6.07 Å². The first-order valence-corrected chi connectivity index (χ1v) is 5.10. The third kappa shape index (κ3) is 2.35. The number of hydrogen-bond donors (Lipinski definition) is 1. The smallest absolute Gasteiger partial charge is 0.265 e. The molecule has 1 heterocycles. The number of aromatic nitrogens is 1. The van der Waals surface area contributed by atoms with Gasteiger partial charge in [-0.25, -0.2) is 0 Å². The zero-order chi connectivity index (χ0) is 10.7. The van der Waals surface area contributed by atoms with Crippen molar-refractivity contribution in [1.82, 2.24) is 9.69 Å². The lowest BCUT2D eigenvalue weighted by Gasteiger charge is -2.03. The summed E-state index contributed by atoms with van der Waals surface area (Å²) >= 11 is 12.2. The fourth-order valence-electron chi connectivity index (χ4n) is 0.695. The monoisotopic (exact) mass is 249 g/mol. The van der Waals surface area contributed by atoms with E-state index in [-0.39, 0.29) is 15.1 Å². The van der Waals surface area contributed by atoms with Gasteiger partial charge in [-0.05, 0) is 18.5 Å². The van der Waals surface area contributed by atoms with Crippen molar-refractivity contribution in [3.63, 3.8) is 0 Å². The third-order valence-electron chi connectivity index (χ3n) is 1.35. The fourth-order valence-corrected chi connectivity index (χ4v) is 1.81. The van der Waals surface area contributed by atoms with Crippen LogP contribution in [0.25, 0.3) is 0 Å². The summed E-state index contributed by atoms with van der Waals surface area (Å²) in [5.74, 6) is -0.437. The Morgan fingerprint density at radius 3 is 2.79 bits per heavy atom. The van der Waals surface area contributed by atoms with Crippen LogP contribution in [0.4, 0.5) is 0 Å². The van der Waals surface area contributed by atoms with E-state index in [9.17, 15) is 4.79 Å². The van der Waals surface area contributed by atoms with Crippen LogP contribution in [0.3, 0.4) is 0 Å². The van der Waals surface area contributed by atoms with Crippen LogP contribution >= 0.6 is 34.7 Å². The van der Waals surface area contributed by atoms with Crippen molar-refractivity contribution >= 4 is 40.6 Å². The molecular weight excluding hydrogens is 245 g/mol. The van der Waals surface area contributed by atoms with Gasteiger partial charge in [0.05, 0.1) is 6.07 Å². The van der Waals surface area contributed by atoms with Crippen molar-refractivity contribution in [2.75, 3.05) is 0 Å². The lowest BCUT2D eigenvalue weighted by molar-refractivity contribution is 0.0952. The highest BCUT2D eigenvalue weighted by Crippen LogP contribution is 2.28. The molecule has 1 aromatic heterocycles. The van der Waals surface area contributed by atoms with Crippen LogP contribution in [-0.2, 0) is 0 Å². The molecule has 0 saturated carbocycles. The number of carbonyl (C=O) groups is 1. The summed E-state index contributed by atoms with van der Waals surface area (Å²) in [7, 11) is 0. The molecule has 7 heteroatoms. The number of nitrogens with one attached hydrogen (secondary N) is 1. The summed E-state index contributed by atoms with van der Waals surface area (Å²) in [5, 5.41) is 11.1. The highest BCUT2D eigenvalue weighted by molar-refractivity contribution is 7.09. The molecule has 0 radical (unpaired) electrons. The lowest BCUT2D eigenvalue weighted by Crippen LogP contribution is -2.30. The fraction of sp³-hybridized carbons (Fsp3) is 0.286. The van der Waals surface area contributed by atoms with Gasteiger partial charge < -0.3 is 5.32 Å². The minimum atomic E-state index is -0.570. The Bertz CT molecular complexity index is 398. The molecule has 0 fully saturated rings. The number of rotatable bonds is 2. The van der Waals surface area contributed by atoms with Gasteiger partial charge in [0, 0.05) is 0 Å². The number of nitriles is 1. The molecule has 0 spiro atoms. The molecule has 0 saturated heterocycles. The van der Waals surface area contributed by atoms with Crippen molar-refractivity contribution in [1.29, 1.82) is 5.26 Å². The SMILES string of the molecule is CC(C#N)NC(=O)c1snc(Cl)c1Cl. The summed E-state index contributed by atoms with van der Waals surface area (Å²) in [4.78, 5) is 11.6. The molecule has 1 aromatic rings. The molecule has 1 atom stereocenters. The number of nitrogens with zero attached hydrogens (tertiary/aromatic N) is 2. The zero-order valence-corrected chi connectivity index (χ0v) is 9.37. The normalized spacial score (nSPS) is 11.9. The van der Waals surface area contributed by atoms with E-state index in [1.54, 1.807) is 6.92 Å².